The Morgan fingerprint density at radius 1 is 0.488 bits per heavy atom. The van der Waals surface area contributed by atoms with Gasteiger partial charge in [-0.25, -0.2) is 0 Å². The van der Waals surface area contributed by atoms with Crippen LogP contribution in [0.15, 0.2) is 115 Å². The predicted octanol–water partition coefficient (Wildman–Crippen LogP) is 7.19. The van der Waals surface area contributed by atoms with E-state index in [-0.39, 0.29) is 22.9 Å². The summed E-state index contributed by atoms with van der Waals surface area (Å²) in [5.74, 6) is 11.8. The van der Waals surface area contributed by atoms with Gasteiger partial charge in [0.15, 0.2) is 0 Å². The molecular weight excluding hydrogens is 530 g/mol. The van der Waals surface area contributed by atoms with Gasteiger partial charge in [-0.1, -0.05) is 59.1 Å². The monoisotopic (exact) mass is 559 g/mol. The summed E-state index contributed by atoms with van der Waals surface area (Å²) in [4.78, 5) is 26.0. The fourth-order valence-corrected chi connectivity index (χ4v) is 4.16. The first-order valence-electron chi connectivity index (χ1n) is 13.7. The largest absolute Gasteiger partial charge is 0.399 e. The minimum absolute atomic E-state index is 0.273. The molecule has 0 saturated heterocycles. The second-order valence-electron chi connectivity index (χ2n) is 10.1. The highest BCUT2D eigenvalue weighted by atomic mass is 16.2. The highest BCUT2D eigenvalue weighted by Gasteiger charge is 2.13. The van der Waals surface area contributed by atoms with Crippen molar-refractivity contribution < 1.29 is 9.59 Å². The molecule has 5 nitrogen and oxygen atoms in total. The third-order valence-electron chi connectivity index (χ3n) is 6.57. The fraction of sp³-hybridized carbons (Fsp3) is 0.0526. The van der Waals surface area contributed by atoms with E-state index in [0.29, 0.717) is 17.1 Å². The lowest BCUT2D eigenvalue weighted by molar-refractivity contribution is 0.102. The number of amides is 2. The Kier molecular flexibility index (Phi) is 8.67. The summed E-state index contributed by atoms with van der Waals surface area (Å²) >= 11 is 0. The van der Waals surface area contributed by atoms with Gasteiger partial charge in [-0.3, -0.25) is 9.59 Å². The lowest BCUT2D eigenvalue weighted by atomic mass is 10.1. The molecule has 5 aromatic carbocycles. The number of nitrogens with two attached hydrogens (primary N) is 1. The van der Waals surface area contributed by atoms with E-state index < -0.39 is 0 Å². The lowest BCUT2D eigenvalue weighted by Crippen LogP contribution is -2.16. The van der Waals surface area contributed by atoms with Gasteiger partial charge in [0.25, 0.3) is 11.8 Å². The Balaban J connectivity index is 1.21. The molecule has 5 rings (SSSR count). The first kappa shape index (κ1) is 28.5. The van der Waals surface area contributed by atoms with Crippen LogP contribution in [-0.4, -0.2) is 11.8 Å². The molecule has 0 aromatic heterocycles. The van der Waals surface area contributed by atoms with Gasteiger partial charge >= 0.3 is 0 Å². The summed E-state index contributed by atoms with van der Waals surface area (Å²) < 4.78 is 0. The third kappa shape index (κ3) is 8.01. The molecule has 0 aliphatic rings. The second-order valence-corrected chi connectivity index (χ2v) is 10.1. The standard InChI is InChI=1S/C38H29N3O2/c1-26-3-7-28(8-4-26)11-13-30-15-19-35(20-16-30)40-37(42)32-23-33(25-34(39)24-32)38(43)41-36-21-17-31(18-22-36)14-12-29-9-5-27(2)6-10-29/h3-10,15-25H,39H2,1-2H3,(H,40,42)(H,41,43). The number of carbonyl (C=O) groups is 2. The van der Waals surface area contributed by atoms with Gasteiger partial charge < -0.3 is 16.4 Å². The van der Waals surface area contributed by atoms with Crippen LogP contribution in [0.4, 0.5) is 17.1 Å². The minimum Gasteiger partial charge on any atom is -0.399 e. The van der Waals surface area contributed by atoms with Gasteiger partial charge in [0.05, 0.1) is 0 Å². The summed E-state index contributed by atoms with van der Waals surface area (Å²) in [6.07, 6.45) is 0. The molecule has 0 unspecified atom stereocenters. The molecule has 0 radical (unpaired) electrons. The van der Waals surface area contributed by atoms with Gasteiger partial charge in [0, 0.05) is 50.4 Å². The van der Waals surface area contributed by atoms with E-state index in [4.69, 9.17) is 5.73 Å². The average molecular weight is 560 g/mol. The van der Waals surface area contributed by atoms with Crippen molar-refractivity contribution in [3.63, 3.8) is 0 Å². The third-order valence-corrected chi connectivity index (χ3v) is 6.57. The highest BCUT2D eigenvalue weighted by Crippen LogP contribution is 2.18. The van der Waals surface area contributed by atoms with Crippen molar-refractivity contribution in [1.82, 2.24) is 0 Å². The van der Waals surface area contributed by atoms with Gasteiger partial charge in [0.1, 0.15) is 0 Å². The highest BCUT2D eigenvalue weighted by molar-refractivity contribution is 6.09. The lowest BCUT2D eigenvalue weighted by Gasteiger charge is -2.10. The van der Waals surface area contributed by atoms with Crippen LogP contribution in [-0.2, 0) is 0 Å². The molecule has 5 aromatic rings. The van der Waals surface area contributed by atoms with Crippen LogP contribution in [0.25, 0.3) is 0 Å². The Bertz CT molecular complexity index is 1760. The molecule has 0 saturated carbocycles. The van der Waals surface area contributed by atoms with Crippen LogP contribution in [0.1, 0.15) is 54.1 Å². The van der Waals surface area contributed by atoms with Crippen LogP contribution in [0.2, 0.25) is 0 Å². The number of benzene rings is 5. The van der Waals surface area contributed by atoms with Gasteiger partial charge in [-0.15, -0.1) is 0 Å². The van der Waals surface area contributed by atoms with Crippen molar-refractivity contribution >= 4 is 28.9 Å². The van der Waals surface area contributed by atoms with E-state index in [9.17, 15) is 9.59 Å². The van der Waals surface area contributed by atoms with E-state index in [0.717, 1.165) is 22.3 Å². The maximum atomic E-state index is 13.0. The molecule has 5 heteroatoms. The van der Waals surface area contributed by atoms with Gasteiger partial charge in [0.2, 0.25) is 0 Å². The van der Waals surface area contributed by atoms with Crippen molar-refractivity contribution in [2.45, 2.75) is 13.8 Å². The first-order chi connectivity index (χ1) is 20.8. The molecule has 208 valence electrons. The fourth-order valence-electron chi connectivity index (χ4n) is 4.16. The van der Waals surface area contributed by atoms with Crippen LogP contribution in [0, 0.1) is 37.5 Å². The zero-order valence-electron chi connectivity index (χ0n) is 23.9. The predicted molar refractivity (Wildman–Crippen MR) is 174 cm³/mol. The maximum Gasteiger partial charge on any atom is 0.255 e. The topological polar surface area (TPSA) is 84.2 Å². The van der Waals surface area contributed by atoms with E-state index >= 15 is 0 Å². The zero-order valence-corrected chi connectivity index (χ0v) is 23.9. The number of carbonyl (C=O) groups excluding carboxylic acids is 2. The molecule has 0 fully saturated rings. The average Bonchev–Trinajstić information content (AvgIpc) is 3.01. The smallest absolute Gasteiger partial charge is 0.255 e. The maximum absolute atomic E-state index is 13.0. The van der Waals surface area contributed by atoms with Crippen LogP contribution in [0.3, 0.4) is 0 Å². The molecule has 43 heavy (non-hydrogen) atoms. The van der Waals surface area contributed by atoms with Gasteiger partial charge in [-0.05, 0) is 105 Å². The van der Waals surface area contributed by atoms with Crippen molar-refractivity contribution in [3.8, 4) is 23.7 Å². The molecular formula is C38H29N3O2. The van der Waals surface area contributed by atoms with Crippen LogP contribution < -0.4 is 16.4 Å². The molecule has 0 atom stereocenters. The minimum atomic E-state index is -0.378. The summed E-state index contributed by atoms with van der Waals surface area (Å²) in [6.45, 7) is 4.07. The first-order valence-corrected chi connectivity index (χ1v) is 13.7. The number of anilines is 3. The van der Waals surface area contributed by atoms with Crippen LogP contribution in [0.5, 0.6) is 0 Å². The Hall–Kier alpha value is -6.04. The van der Waals surface area contributed by atoms with Crippen molar-refractivity contribution in [2.24, 2.45) is 0 Å². The molecule has 0 spiro atoms. The zero-order chi connectivity index (χ0) is 30.2. The molecule has 4 N–H and O–H groups in total. The quantitative estimate of drug-likeness (QED) is 0.161. The second kappa shape index (κ2) is 13.1. The Labute approximate surface area is 251 Å². The molecule has 0 aliphatic carbocycles. The summed E-state index contributed by atoms with van der Waals surface area (Å²) in [7, 11) is 0. The van der Waals surface area contributed by atoms with Crippen molar-refractivity contribution in [2.75, 3.05) is 16.4 Å². The number of hydrogen-bond acceptors (Lipinski definition) is 3. The SMILES string of the molecule is Cc1ccc(C#Cc2ccc(NC(=O)c3cc(N)cc(C(=O)Nc4ccc(C#Cc5ccc(C)cc5)cc4)c3)cc2)cc1. The van der Waals surface area contributed by atoms with Crippen molar-refractivity contribution in [1.29, 1.82) is 0 Å². The number of nitrogen functional groups attached to an aromatic ring is 1. The van der Waals surface area contributed by atoms with E-state index in [2.05, 4.69) is 34.3 Å². The number of aryl methyl sites for hydroxylation is 2. The van der Waals surface area contributed by atoms with Crippen LogP contribution >= 0.6 is 0 Å². The summed E-state index contributed by atoms with van der Waals surface area (Å²) in [6, 6.07) is 35.1. The Morgan fingerprint density at radius 3 is 1.12 bits per heavy atom. The molecule has 0 aliphatic heterocycles. The summed E-state index contributed by atoms with van der Waals surface area (Å²) in [5.41, 5.74) is 14.0. The number of nitrogens with one attached hydrogen (secondary N) is 2. The van der Waals surface area contributed by atoms with Crippen molar-refractivity contribution in [3.05, 3.63) is 160 Å². The Morgan fingerprint density at radius 2 is 0.791 bits per heavy atom. The van der Waals surface area contributed by atoms with Gasteiger partial charge in [-0.2, -0.15) is 0 Å². The number of rotatable bonds is 4. The van der Waals surface area contributed by atoms with E-state index in [1.54, 1.807) is 24.3 Å². The normalized spacial score (nSPS) is 10.0. The van der Waals surface area contributed by atoms with E-state index in [1.165, 1.54) is 29.3 Å². The number of hydrogen-bond donors (Lipinski definition) is 3. The van der Waals surface area contributed by atoms with E-state index in [1.807, 2.05) is 86.6 Å². The molecule has 0 heterocycles. The summed E-state index contributed by atoms with van der Waals surface area (Å²) in [5, 5.41) is 5.71. The molecule has 2 amide bonds. The molecule has 0 bridgehead atoms.